The van der Waals surface area contributed by atoms with Crippen LogP contribution in [0.2, 0.25) is 0 Å². The van der Waals surface area contributed by atoms with Crippen molar-refractivity contribution in [1.29, 1.82) is 0 Å². The molecule has 0 saturated carbocycles. The van der Waals surface area contributed by atoms with E-state index in [1.807, 2.05) is 0 Å². The first-order chi connectivity index (χ1) is 12.2. The zero-order valence-corrected chi connectivity index (χ0v) is 16.0. The summed E-state index contributed by atoms with van der Waals surface area (Å²) in [6, 6.07) is 7.42. The zero-order valence-electron chi connectivity index (χ0n) is 13.2. The second-order valence-corrected chi connectivity index (χ2v) is 7.16. The first kappa shape index (κ1) is 27.1. The number of hydrogen-bond donors (Lipinski definition) is 1. The Hall–Kier alpha value is -0.900. The van der Waals surface area contributed by atoms with Crippen molar-refractivity contribution in [3.05, 3.63) is 39.2 Å². The summed E-state index contributed by atoms with van der Waals surface area (Å²) in [4.78, 5) is -0.0741. The molecule has 0 aliphatic heterocycles. The van der Waals surface area contributed by atoms with E-state index in [-0.39, 0.29) is 4.90 Å². The summed E-state index contributed by atoms with van der Waals surface area (Å²) in [7, 11) is -4.00. The Kier molecular flexibility index (Phi) is 8.57. The van der Waals surface area contributed by atoms with E-state index in [1.54, 1.807) is 18.2 Å². The molecular weight excluding hydrogens is 456 g/mol. The maximum atomic E-state index is 12.5. The minimum Gasteiger partial charge on any atom is -0.282 e. The van der Waals surface area contributed by atoms with Crippen molar-refractivity contribution in [2.24, 2.45) is 0 Å². The van der Waals surface area contributed by atoms with Gasteiger partial charge in [-0.2, -0.15) is 8.42 Å². The van der Waals surface area contributed by atoms with Gasteiger partial charge in [0.2, 0.25) is 0 Å². The number of hydrogen-bond acceptors (Lipinski definition) is 2. The third-order valence-corrected chi connectivity index (χ3v) is 4.07. The molecule has 0 radical (unpaired) electrons. The van der Waals surface area contributed by atoms with Crippen LogP contribution in [0.4, 0.5) is 48.3 Å². The van der Waals surface area contributed by atoms with Crippen molar-refractivity contribution >= 4 is 38.0 Å². The van der Waals surface area contributed by atoms with E-state index in [9.17, 15) is 56.7 Å². The minimum absolute atomic E-state index is 0.0741. The summed E-state index contributed by atoms with van der Waals surface area (Å²) in [5.74, 6) is -24.6. The molecule has 0 atom stereocenters. The summed E-state index contributed by atoms with van der Waals surface area (Å²) < 4.78 is 160. The monoisotopic (exact) mass is 462 g/mol. The zero-order chi connectivity index (χ0) is 22.8. The van der Waals surface area contributed by atoms with Crippen molar-refractivity contribution < 1.29 is 61.3 Å². The second kappa shape index (κ2) is 8.85. The van der Waals surface area contributed by atoms with E-state index in [0.29, 0.717) is 0 Å². The summed E-state index contributed by atoms with van der Waals surface area (Å²) in [5, 5.41) is 0. The molecule has 1 aromatic rings. The van der Waals surface area contributed by atoms with E-state index in [2.05, 4.69) is 0 Å². The SMILES string of the molecule is F[C]([Na])=C(F)C(F)(F)C(F)(F)C(F)(F)C(F)(F)F.O=S(=O)(O)c1ccccc1. The predicted octanol–water partition coefficient (Wildman–Crippen LogP) is 4.66. The van der Waals surface area contributed by atoms with Crippen molar-refractivity contribution in [2.75, 3.05) is 0 Å². The van der Waals surface area contributed by atoms with Crippen LogP contribution in [-0.4, -0.2) is 64.8 Å². The van der Waals surface area contributed by atoms with Gasteiger partial charge in [0.05, 0.1) is 4.90 Å². The summed E-state index contributed by atoms with van der Waals surface area (Å²) in [5.41, 5.74) is 0. The average molecular weight is 462 g/mol. The molecule has 0 aliphatic carbocycles. The van der Waals surface area contributed by atoms with E-state index < -0.39 is 70.9 Å². The van der Waals surface area contributed by atoms with Gasteiger partial charge < -0.3 is 0 Å². The van der Waals surface area contributed by atoms with Crippen molar-refractivity contribution in [2.45, 2.75) is 28.8 Å². The van der Waals surface area contributed by atoms with Crippen LogP contribution in [0.15, 0.2) is 44.1 Å². The van der Waals surface area contributed by atoms with Gasteiger partial charge in [0, 0.05) is 0 Å². The average Bonchev–Trinajstić information content (AvgIpc) is 2.53. The Morgan fingerprint density at radius 3 is 1.46 bits per heavy atom. The van der Waals surface area contributed by atoms with E-state index >= 15 is 0 Å². The van der Waals surface area contributed by atoms with Gasteiger partial charge in [0.15, 0.2) is 0 Å². The smallest absolute Gasteiger partial charge is 0.282 e. The van der Waals surface area contributed by atoms with Crippen molar-refractivity contribution in [3.8, 4) is 0 Å². The third-order valence-electron chi connectivity index (χ3n) is 2.76. The molecule has 0 unspecified atom stereocenters. The van der Waals surface area contributed by atoms with Crippen molar-refractivity contribution in [3.63, 3.8) is 0 Å². The maximum absolute atomic E-state index is 12.5. The topological polar surface area (TPSA) is 54.4 Å². The number of halogens is 11. The molecule has 0 aliphatic rings. The summed E-state index contributed by atoms with van der Waals surface area (Å²) >= 11 is -1.21. The molecule has 1 rings (SSSR count). The fourth-order valence-electron chi connectivity index (χ4n) is 1.32. The molecule has 16 heteroatoms. The summed E-state index contributed by atoms with van der Waals surface area (Å²) in [6.45, 7) is 0. The normalized spacial score (nSPS) is 14.8. The van der Waals surface area contributed by atoms with Gasteiger partial charge in [-0.1, -0.05) is 18.2 Å². The molecule has 0 aromatic heterocycles. The third kappa shape index (κ3) is 5.81. The van der Waals surface area contributed by atoms with Gasteiger partial charge >= 0.3 is 109 Å². The number of rotatable bonds is 4. The molecule has 0 spiro atoms. The maximum Gasteiger partial charge on any atom is 0.294 e. The number of alkyl halides is 9. The molecule has 3 nitrogen and oxygen atoms in total. The molecule has 0 heterocycles. The Morgan fingerprint density at radius 1 is 0.821 bits per heavy atom. The quantitative estimate of drug-likeness (QED) is 0.402. The molecule has 0 fully saturated rings. The van der Waals surface area contributed by atoms with Crippen LogP contribution in [0.5, 0.6) is 0 Å². The van der Waals surface area contributed by atoms with Gasteiger partial charge in [-0.25, -0.2) is 0 Å². The largest absolute Gasteiger partial charge is 0.294 e. The van der Waals surface area contributed by atoms with E-state index in [4.69, 9.17) is 4.55 Å². The van der Waals surface area contributed by atoms with Gasteiger partial charge in [0.25, 0.3) is 10.1 Å². The predicted molar refractivity (Wildman–Crippen MR) is 72.1 cm³/mol. The first-order valence-corrected chi connectivity index (χ1v) is 8.90. The molecule has 1 N–H and O–H groups in total. The Morgan fingerprint density at radius 2 is 1.21 bits per heavy atom. The Labute approximate surface area is 167 Å². The Bertz CT molecular complexity index is 800. The van der Waals surface area contributed by atoms with Crippen LogP contribution < -0.4 is 0 Å². The molecule has 28 heavy (non-hydrogen) atoms. The molecular formula is C12H6F11NaO3S. The summed E-state index contributed by atoms with van der Waals surface area (Å²) in [6.07, 6.45) is -7.05. The number of allylic oxidation sites excluding steroid dienone is 1. The van der Waals surface area contributed by atoms with Gasteiger partial charge in [0.1, 0.15) is 0 Å². The van der Waals surface area contributed by atoms with Crippen LogP contribution in [0, 0.1) is 0 Å². The molecule has 1 aromatic carbocycles. The van der Waals surface area contributed by atoms with Crippen LogP contribution in [-0.2, 0) is 10.1 Å². The van der Waals surface area contributed by atoms with Crippen LogP contribution >= 0.6 is 0 Å². The van der Waals surface area contributed by atoms with E-state index in [1.165, 1.54) is 12.1 Å². The number of benzene rings is 1. The van der Waals surface area contributed by atoms with Gasteiger partial charge in [-0.3, -0.25) is 4.55 Å². The van der Waals surface area contributed by atoms with Gasteiger partial charge in [-0.15, -0.1) is 0 Å². The van der Waals surface area contributed by atoms with Crippen LogP contribution in [0.1, 0.15) is 0 Å². The fraction of sp³-hybridized carbons (Fsp3) is 0.333. The molecule has 156 valence electrons. The van der Waals surface area contributed by atoms with E-state index in [0.717, 1.165) is 0 Å². The molecule has 0 amide bonds. The molecule has 0 saturated heterocycles. The fourth-order valence-corrected chi connectivity index (χ4v) is 2.14. The van der Waals surface area contributed by atoms with Crippen molar-refractivity contribution in [1.82, 2.24) is 0 Å². The standard InChI is InChI=1S/C6F11.C6H6O3S.Na/c7-1-2(8)3(9,10)4(11,12)5(13,14)6(15,16)17;7-10(8,9)6-4-2-1-3-5-6;/h;1-5H,(H,7,8,9);. The minimum atomic E-state index is -7.22. The second-order valence-electron chi connectivity index (χ2n) is 4.86. The Balaban J connectivity index is 0.000000609. The first-order valence-electron chi connectivity index (χ1n) is 6.46. The van der Waals surface area contributed by atoms with Crippen LogP contribution in [0.3, 0.4) is 0 Å². The van der Waals surface area contributed by atoms with Crippen LogP contribution in [0.25, 0.3) is 0 Å². The van der Waals surface area contributed by atoms with Gasteiger partial charge in [-0.05, 0) is 12.1 Å². The molecule has 0 bridgehead atoms.